The predicted molar refractivity (Wildman–Crippen MR) is 63.4 cm³/mol. The first-order valence-corrected chi connectivity index (χ1v) is 5.24. The minimum atomic E-state index is -0.833. The molecule has 1 aromatic carbocycles. The third kappa shape index (κ3) is 7.24. The highest BCUT2D eigenvalue weighted by molar-refractivity contribution is 5.92. The van der Waals surface area contributed by atoms with Crippen molar-refractivity contribution in [1.29, 1.82) is 0 Å². The van der Waals surface area contributed by atoms with E-state index in [2.05, 4.69) is 0 Å². The summed E-state index contributed by atoms with van der Waals surface area (Å²) < 4.78 is 4.79. The fraction of sp³-hybridized carbons (Fsp3) is 0.333. The number of benzene rings is 1. The van der Waals surface area contributed by atoms with E-state index in [1.807, 2.05) is 0 Å². The smallest absolute Gasteiger partial charge is 0.341 e. The first-order chi connectivity index (χ1) is 8.49. The quantitative estimate of drug-likeness (QED) is 0.549. The number of aromatic hydroxyl groups is 1. The number of rotatable bonds is 4. The molecule has 0 amide bonds. The van der Waals surface area contributed by atoms with Gasteiger partial charge in [0.25, 0.3) is 5.97 Å². The monoisotopic (exact) mass is 256 g/mol. The zero-order valence-electron chi connectivity index (χ0n) is 10.00. The molecular formula is C12H16O6. The number of carbonyl (C=O) groups excluding carboxylic acids is 1. The highest BCUT2D eigenvalue weighted by atomic mass is 16.5. The SMILES string of the molecule is CC(=O)O.O=C(OCCCO)c1ccccc1O. The van der Waals surface area contributed by atoms with Crippen LogP contribution < -0.4 is 0 Å². The number of carbonyl (C=O) groups is 2. The van der Waals surface area contributed by atoms with E-state index in [1.165, 1.54) is 12.1 Å². The van der Waals surface area contributed by atoms with Gasteiger partial charge in [-0.1, -0.05) is 12.1 Å². The van der Waals surface area contributed by atoms with Gasteiger partial charge in [0, 0.05) is 20.0 Å². The fourth-order valence-electron chi connectivity index (χ4n) is 0.953. The first kappa shape index (κ1) is 15.9. The molecule has 0 aliphatic carbocycles. The van der Waals surface area contributed by atoms with Gasteiger partial charge >= 0.3 is 5.97 Å². The van der Waals surface area contributed by atoms with Crippen LogP contribution in [-0.4, -0.2) is 40.5 Å². The van der Waals surface area contributed by atoms with Crippen LogP contribution in [0.3, 0.4) is 0 Å². The summed E-state index contributed by atoms with van der Waals surface area (Å²) in [7, 11) is 0. The summed E-state index contributed by atoms with van der Waals surface area (Å²) in [4.78, 5) is 20.3. The number of hydrogen-bond acceptors (Lipinski definition) is 5. The number of esters is 1. The van der Waals surface area contributed by atoms with Gasteiger partial charge in [-0.2, -0.15) is 0 Å². The van der Waals surface area contributed by atoms with Crippen LogP contribution >= 0.6 is 0 Å². The zero-order chi connectivity index (χ0) is 14.0. The molecular weight excluding hydrogens is 240 g/mol. The number of ether oxygens (including phenoxy) is 1. The maximum Gasteiger partial charge on any atom is 0.341 e. The van der Waals surface area contributed by atoms with Crippen LogP contribution in [0.4, 0.5) is 0 Å². The van der Waals surface area contributed by atoms with Gasteiger partial charge in [0.05, 0.1) is 6.61 Å². The van der Waals surface area contributed by atoms with Gasteiger partial charge in [0.2, 0.25) is 0 Å². The van der Waals surface area contributed by atoms with Crippen molar-refractivity contribution in [2.24, 2.45) is 0 Å². The summed E-state index contributed by atoms with van der Waals surface area (Å²) in [6.45, 7) is 1.22. The Hall–Kier alpha value is -2.08. The zero-order valence-corrected chi connectivity index (χ0v) is 10.00. The van der Waals surface area contributed by atoms with Crippen molar-refractivity contribution in [1.82, 2.24) is 0 Å². The summed E-state index contributed by atoms with van der Waals surface area (Å²) >= 11 is 0. The summed E-state index contributed by atoms with van der Waals surface area (Å²) in [5.41, 5.74) is 0.144. The van der Waals surface area contributed by atoms with Crippen LogP contribution in [0.25, 0.3) is 0 Å². The molecule has 0 saturated heterocycles. The van der Waals surface area contributed by atoms with Crippen molar-refractivity contribution < 1.29 is 29.6 Å². The Bertz CT molecular complexity index is 384. The maximum absolute atomic E-state index is 11.3. The van der Waals surface area contributed by atoms with Crippen LogP contribution in [0.2, 0.25) is 0 Å². The van der Waals surface area contributed by atoms with E-state index in [0.717, 1.165) is 6.92 Å². The number of aliphatic hydroxyl groups excluding tert-OH is 1. The summed E-state index contributed by atoms with van der Waals surface area (Å²) in [5.74, 6) is -1.50. The van der Waals surface area contributed by atoms with Gasteiger partial charge in [0.1, 0.15) is 11.3 Å². The second-order valence-corrected chi connectivity index (χ2v) is 3.25. The molecule has 6 heteroatoms. The van der Waals surface area contributed by atoms with Crippen molar-refractivity contribution in [3.05, 3.63) is 29.8 Å². The van der Waals surface area contributed by atoms with Gasteiger partial charge in [-0.05, 0) is 12.1 Å². The number of aliphatic carboxylic acids is 1. The molecule has 0 heterocycles. The molecule has 0 atom stereocenters. The van der Waals surface area contributed by atoms with E-state index in [1.54, 1.807) is 12.1 Å². The lowest BCUT2D eigenvalue weighted by Crippen LogP contribution is -2.07. The number of phenolic OH excluding ortho intramolecular Hbond substituents is 1. The minimum Gasteiger partial charge on any atom is -0.507 e. The van der Waals surface area contributed by atoms with E-state index in [0.29, 0.717) is 6.42 Å². The lowest BCUT2D eigenvalue weighted by Gasteiger charge is -2.04. The molecule has 0 aliphatic rings. The van der Waals surface area contributed by atoms with E-state index >= 15 is 0 Å². The molecule has 1 aromatic rings. The van der Waals surface area contributed by atoms with Crippen molar-refractivity contribution in [3.63, 3.8) is 0 Å². The van der Waals surface area contributed by atoms with Crippen molar-refractivity contribution in [3.8, 4) is 5.75 Å². The number of phenols is 1. The maximum atomic E-state index is 11.3. The molecule has 0 spiro atoms. The lowest BCUT2D eigenvalue weighted by molar-refractivity contribution is -0.134. The Kier molecular flexibility index (Phi) is 7.96. The molecule has 0 aromatic heterocycles. The number of hydrogen-bond donors (Lipinski definition) is 3. The Balaban J connectivity index is 0.000000631. The van der Waals surface area contributed by atoms with E-state index in [9.17, 15) is 9.90 Å². The molecule has 0 aliphatic heterocycles. The number of carboxylic acids is 1. The van der Waals surface area contributed by atoms with Crippen LogP contribution in [0.1, 0.15) is 23.7 Å². The largest absolute Gasteiger partial charge is 0.507 e. The third-order valence-corrected chi connectivity index (χ3v) is 1.66. The lowest BCUT2D eigenvalue weighted by atomic mass is 10.2. The number of carboxylic acid groups (broad SMARTS) is 1. The summed E-state index contributed by atoms with van der Waals surface area (Å²) in [6, 6.07) is 6.17. The Morgan fingerprint density at radius 3 is 2.33 bits per heavy atom. The topological polar surface area (TPSA) is 104 Å². The molecule has 3 N–H and O–H groups in total. The molecule has 0 unspecified atom stereocenters. The van der Waals surface area contributed by atoms with E-state index in [-0.39, 0.29) is 24.5 Å². The van der Waals surface area contributed by atoms with Crippen LogP contribution in [-0.2, 0) is 9.53 Å². The van der Waals surface area contributed by atoms with Crippen molar-refractivity contribution in [2.45, 2.75) is 13.3 Å². The molecule has 0 fully saturated rings. The number of para-hydroxylation sites is 1. The van der Waals surface area contributed by atoms with Gasteiger partial charge in [-0.15, -0.1) is 0 Å². The minimum absolute atomic E-state index is 0.0198. The van der Waals surface area contributed by atoms with Crippen LogP contribution in [0, 0.1) is 0 Å². The molecule has 0 radical (unpaired) electrons. The second kappa shape index (κ2) is 9.00. The van der Waals surface area contributed by atoms with Gasteiger partial charge < -0.3 is 20.1 Å². The Morgan fingerprint density at radius 1 is 1.28 bits per heavy atom. The van der Waals surface area contributed by atoms with E-state index in [4.69, 9.17) is 19.7 Å². The number of aliphatic hydroxyl groups is 1. The second-order valence-electron chi connectivity index (χ2n) is 3.25. The molecule has 100 valence electrons. The van der Waals surface area contributed by atoms with Gasteiger partial charge in [-0.3, -0.25) is 4.79 Å². The molecule has 0 saturated carbocycles. The average Bonchev–Trinajstić information content (AvgIpc) is 2.29. The van der Waals surface area contributed by atoms with E-state index < -0.39 is 11.9 Å². The highest BCUT2D eigenvalue weighted by Gasteiger charge is 2.10. The molecule has 6 nitrogen and oxygen atoms in total. The van der Waals surface area contributed by atoms with Gasteiger partial charge in [-0.25, -0.2) is 4.79 Å². The molecule has 1 rings (SSSR count). The normalized spacial score (nSPS) is 9.00. The standard InChI is InChI=1S/C10H12O4.C2H4O2/c11-6-3-7-14-10(13)8-4-1-2-5-9(8)12;1-2(3)4/h1-2,4-5,11-12H,3,6-7H2;1H3,(H,3,4). The van der Waals surface area contributed by atoms with Gasteiger partial charge in [0.15, 0.2) is 0 Å². The summed E-state index contributed by atoms with van der Waals surface area (Å²) in [5, 5.41) is 25.2. The van der Waals surface area contributed by atoms with Crippen LogP contribution in [0.15, 0.2) is 24.3 Å². The van der Waals surface area contributed by atoms with Crippen molar-refractivity contribution >= 4 is 11.9 Å². The molecule has 18 heavy (non-hydrogen) atoms. The highest BCUT2D eigenvalue weighted by Crippen LogP contribution is 2.16. The first-order valence-electron chi connectivity index (χ1n) is 5.24. The van der Waals surface area contributed by atoms with Crippen LogP contribution in [0.5, 0.6) is 5.75 Å². The Morgan fingerprint density at radius 2 is 1.83 bits per heavy atom. The predicted octanol–water partition coefficient (Wildman–Crippen LogP) is 1.02. The average molecular weight is 256 g/mol. The third-order valence-electron chi connectivity index (χ3n) is 1.66. The Labute approximate surface area is 104 Å². The summed E-state index contributed by atoms with van der Waals surface area (Å²) in [6.07, 6.45) is 0.402. The molecule has 0 bridgehead atoms. The van der Waals surface area contributed by atoms with Crippen molar-refractivity contribution in [2.75, 3.05) is 13.2 Å². The fourth-order valence-corrected chi connectivity index (χ4v) is 0.953.